The minimum atomic E-state index is -6.27. The van der Waals surface area contributed by atoms with Gasteiger partial charge in [-0.3, -0.25) is 29.1 Å². The van der Waals surface area contributed by atoms with Gasteiger partial charge in [0.05, 0.1) is 100.0 Å². The van der Waals surface area contributed by atoms with Gasteiger partial charge in [-0.25, -0.2) is 54.3 Å². The van der Waals surface area contributed by atoms with E-state index in [2.05, 4.69) is 64.7 Å². The molecular formula is C82H75F3N16O18S. The number of anilines is 2. The first-order valence-corrected chi connectivity index (χ1v) is 38.0. The molecular weight excluding hydrogens is 1590 g/mol. The van der Waals surface area contributed by atoms with Crippen molar-refractivity contribution in [1.82, 2.24) is 68.8 Å². The van der Waals surface area contributed by atoms with Crippen LogP contribution in [0.15, 0.2) is 221 Å². The van der Waals surface area contributed by atoms with Crippen molar-refractivity contribution in [3.63, 3.8) is 0 Å². The minimum absolute atomic E-state index is 0.0604. The molecule has 0 amide bonds. The van der Waals surface area contributed by atoms with Crippen molar-refractivity contribution in [2.24, 2.45) is 0 Å². The molecule has 14 aromatic rings. The number of nitrogens with one attached hydrogen (secondary N) is 2. The second-order valence-electron chi connectivity index (χ2n) is 25.3. The van der Waals surface area contributed by atoms with Crippen LogP contribution in [-0.4, -0.2) is 126 Å². The number of esters is 3. The number of alkyl halides is 3. The molecule has 10 heterocycles. The largest absolute Gasteiger partial charge is 0.534 e. The Balaban J connectivity index is 0.000000157. The lowest BCUT2D eigenvalue weighted by atomic mass is 10.1. The third-order valence-electron chi connectivity index (χ3n) is 17.3. The van der Waals surface area contributed by atoms with Gasteiger partial charge in [-0.05, 0) is 95.0 Å². The van der Waals surface area contributed by atoms with Crippen LogP contribution in [0, 0.1) is 27.7 Å². The lowest BCUT2D eigenvalue weighted by Gasteiger charge is -2.18. The molecule has 120 heavy (non-hydrogen) atoms. The number of nitrogens with zero attached hydrogens (tertiary/aromatic N) is 14. The maximum absolute atomic E-state index is 13.5. The van der Waals surface area contributed by atoms with Gasteiger partial charge in [-0.15, -0.1) is 18.9 Å². The van der Waals surface area contributed by atoms with Crippen molar-refractivity contribution in [3.05, 3.63) is 316 Å². The lowest BCUT2D eigenvalue weighted by molar-refractivity contribution is -0.0500. The highest BCUT2D eigenvalue weighted by molar-refractivity contribution is 7.88. The molecule has 0 saturated carbocycles. The molecule has 0 aliphatic heterocycles. The number of carbonyl (C=O) groups excluding carboxylic acids is 3. The summed E-state index contributed by atoms with van der Waals surface area (Å²) in [6.07, 6.45) is 8.42. The minimum Gasteiger partial charge on any atom is -0.506 e. The van der Waals surface area contributed by atoms with Crippen LogP contribution in [0.5, 0.6) is 11.5 Å². The van der Waals surface area contributed by atoms with E-state index in [0.29, 0.717) is 44.9 Å². The van der Waals surface area contributed by atoms with Crippen molar-refractivity contribution in [2.45, 2.75) is 93.5 Å². The maximum Gasteiger partial charge on any atom is 0.534 e. The molecule has 14 rings (SSSR count). The van der Waals surface area contributed by atoms with E-state index in [1.54, 1.807) is 70.4 Å². The monoisotopic (exact) mass is 1660 g/mol. The Hall–Kier alpha value is -15.1. The topological polar surface area (TPSA) is 420 Å². The van der Waals surface area contributed by atoms with Gasteiger partial charge >= 0.3 is 50.2 Å². The SMILES string of the molecule is CCOC(=O)c1c(NCc2ccccn2)c2c(C)ncnc2n(OCc2ccccc2)c1=O.CCOC(=O)c1c(O)c2c(C)ncnc2n(OCc2ccccc2)c1=O.CCOC(=O)c1c(OS(=O)(=O)C(F)(F)F)c2c(C)ncnc2n(OCc2ccccc2)c1=O.Cc1ncnc2c1c(NCc1ccccn1)cc(=O)n2OCc1ccccc1. The first-order chi connectivity index (χ1) is 57.8. The summed E-state index contributed by atoms with van der Waals surface area (Å²) >= 11 is 0. The lowest BCUT2D eigenvalue weighted by Crippen LogP contribution is -2.35. The van der Waals surface area contributed by atoms with Crippen LogP contribution in [0.4, 0.5) is 24.5 Å². The number of rotatable bonds is 26. The normalized spacial score (nSPS) is 11.1. The molecule has 618 valence electrons. The van der Waals surface area contributed by atoms with E-state index in [4.69, 9.17) is 33.6 Å². The van der Waals surface area contributed by atoms with Gasteiger partial charge in [-0.2, -0.15) is 21.6 Å². The van der Waals surface area contributed by atoms with Gasteiger partial charge in [0, 0.05) is 18.5 Å². The quantitative estimate of drug-likeness (QED) is 0.0196. The molecule has 0 spiro atoms. The maximum atomic E-state index is 13.5. The molecule has 0 unspecified atom stereocenters. The molecule has 0 aliphatic carbocycles. The molecule has 0 bridgehead atoms. The number of hydrogen-bond donors (Lipinski definition) is 3. The number of carbonyl (C=O) groups is 3. The summed E-state index contributed by atoms with van der Waals surface area (Å²) in [4.78, 5) is 154. The highest BCUT2D eigenvalue weighted by Crippen LogP contribution is 2.35. The van der Waals surface area contributed by atoms with Crippen molar-refractivity contribution in [3.8, 4) is 11.5 Å². The zero-order valence-corrected chi connectivity index (χ0v) is 65.9. The Labute approximate surface area is 679 Å². The molecule has 38 heteroatoms. The molecule has 4 aromatic carbocycles. The Morgan fingerprint density at radius 1 is 0.417 bits per heavy atom. The highest BCUT2D eigenvalue weighted by atomic mass is 32.2. The number of benzene rings is 4. The number of aromatic hydroxyl groups is 1. The van der Waals surface area contributed by atoms with Crippen LogP contribution in [-0.2, 0) is 63.8 Å². The van der Waals surface area contributed by atoms with E-state index < -0.39 is 83.9 Å². The second kappa shape index (κ2) is 39.5. The first kappa shape index (κ1) is 85.8. The fourth-order valence-electron chi connectivity index (χ4n) is 11.7. The summed E-state index contributed by atoms with van der Waals surface area (Å²) < 4.78 is 85.3. The predicted molar refractivity (Wildman–Crippen MR) is 429 cm³/mol. The van der Waals surface area contributed by atoms with Gasteiger partial charge in [0.1, 0.15) is 57.5 Å². The van der Waals surface area contributed by atoms with Crippen LogP contribution in [0.3, 0.4) is 0 Å². The number of hydrogen-bond acceptors (Lipinski definition) is 30. The molecule has 0 fully saturated rings. The zero-order chi connectivity index (χ0) is 85.6. The molecule has 34 nitrogen and oxygen atoms in total. The van der Waals surface area contributed by atoms with Crippen molar-refractivity contribution < 1.29 is 78.8 Å². The second-order valence-corrected chi connectivity index (χ2v) is 26.9. The van der Waals surface area contributed by atoms with Gasteiger partial charge in [-0.1, -0.05) is 133 Å². The van der Waals surface area contributed by atoms with Gasteiger partial charge < -0.3 is 53.5 Å². The number of aryl methyl sites for hydroxylation is 4. The summed E-state index contributed by atoms with van der Waals surface area (Å²) in [5.41, 5.74) is -3.00. The van der Waals surface area contributed by atoms with Gasteiger partial charge in [0.2, 0.25) is 0 Å². The summed E-state index contributed by atoms with van der Waals surface area (Å²) in [6, 6.07) is 49.5. The van der Waals surface area contributed by atoms with Crippen LogP contribution in [0.1, 0.15) is 108 Å². The van der Waals surface area contributed by atoms with Crippen molar-refractivity contribution >= 4 is 83.5 Å². The first-order valence-electron chi connectivity index (χ1n) is 36.6. The summed E-state index contributed by atoms with van der Waals surface area (Å²) in [6.45, 7) is 12.2. The Morgan fingerprint density at radius 3 is 1.18 bits per heavy atom. The summed E-state index contributed by atoms with van der Waals surface area (Å²) in [5.74, 6) is -4.83. The van der Waals surface area contributed by atoms with Crippen LogP contribution in [0.25, 0.3) is 44.1 Å². The highest BCUT2D eigenvalue weighted by Gasteiger charge is 2.50. The average Bonchev–Trinajstić information content (AvgIpc) is 0.757. The fourth-order valence-corrected chi connectivity index (χ4v) is 12.2. The third kappa shape index (κ3) is 20.2. The van der Waals surface area contributed by atoms with E-state index in [0.717, 1.165) is 54.9 Å². The number of ether oxygens (including phenoxy) is 3. The molecule has 0 atom stereocenters. The number of halogens is 3. The number of aromatic nitrogens is 14. The smallest absolute Gasteiger partial charge is 0.506 e. The number of pyridine rings is 6. The average molecular weight is 1660 g/mol. The predicted octanol–water partition coefficient (Wildman–Crippen LogP) is 9.39. The Bertz CT molecular complexity index is 6390. The van der Waals surface area contributed by atoms with Crippen LogP contribution < -0.4 is 56.4 Å². The van der Waals surface area contributed by atoms with Gasteiger partial charge in [0.15, 0.2) is 45.0 Å². The van der Waals surface area contributed by atoms with E-state index in [1.807, 2.05) is 134 Å². The molecule has 3 N–H and O–H groups in total. The summed E-state index contributed by atoms with van der Waals surface area (Å²) in [5, 5.41) is 17.9. The number of fused-ring (bicyclic) bond motifs is 4. The van der Waals surface area contributed by atoms with Crippen LogP contribution in [0.2, 0.25) is 0 Å². The Kier molecular flexibility index (Phi) is 28.2. The van der Waals surface area contributed by atoms with E-state index in [-0.39, 0.29) is 92.0 Å². The summed E-state index contributed by atoms with van der Waals surface area (Å²) in [7, 11) is -6.27. The standard InChI is InChI=1S/C24H23N5O4.C21H19N5O2.C19H16F3N3O7S.C18H17N3O5/c1-3-32-24(31)20-21(26-13-18-11-7-8-12-25-18)19-16(2)27-15-28-22(19)29(23(20)30)33-14-17-9-5-4-6-10-17;1-15-20-18(23-12-17-9-5-6-10-22-17)11-19(27)26(21(20)25-14-24-15)28-13-16-7-3-2-4-8-16;1-3-30-18(27)14-15(32-33(28,29)19(20,21)22)13-11(2)23-10-24-16(13)25(17(14)26)31-9-12-7-5-4-6-8-12;1-3-25-18(24)14-15(22)13-11(2)19-10-20-16(13)21(17(14)23)26-9-12-7-5-4-6-8-12/h4-12,15,26H,3,13-14H2,1-2H3;2-11,14,23H,12-13H2,1H3;4-8,10H,3,9H2,1-2H3;4-8,10,22H,3,9H2,1-2H3. The third-order valence-corrected chi connectivity index (χ3v) is 18.2. The molecule has 10 aromatic heterocycles. The van der Waals surface area contributed by atoms with Crippen molar-refractivity contribution in [1.29, 1.82) is 0 Å². The molecule has 0 saturated heterocycles. The van der Waals surface area contributed by atoms with Crippen molar-refractivity contribution in [2.75, 3.05) is 30.5 Å². The molecule has 0 radical (unpaired) electrons. The Morgan fingerprint density at radius 2 is 0.758 bits per heavy atom. The van der Waals surface area contributed by atoms with Gasteiger partial charge in [0.25, 0.3) is 5.56 Å². The fraction of sp³-hybridized carbons (Fsp3) is 0.207. The van der Waals surface area contributed by atoms with E-state index in [9.17, 15) is 60.3 Å². The van der Waals surface area contributed by atoms with Crippen LogP contribution >= 0.6 is 0 Å². The van der Waals surface area contributed by atoms with E-state index >= 15 is 0 Å². The zero-order valence-electron chi connectivity index (χ0n) is 65.1. The van der Waals surface area contributed by atoms with E-state index in [1.165, 1.54) is 43.6 Å². The molecule has 0 aliphatic rings.